The van der Waals surface area contributed by atoms with E-state index in [1.807, 2.05) is 29.2 Å². The highest BCUT2D eigenvalue weighted by molar-refractivity contribution is 6.30. The molecule has 0 aromatic heterocycles. The van der Waals surface area contributed by atoms with Crippen LogP contribution in [0.25, 0.3) is 0 Å². The number of nitrogens with two attached hydrogens (primary N) is 1. The molecule has 0 atom stereocenters. The number of piperazine rings is 1. The molecule has 1 amide bonds. The van der Waals surface area contributed by atoms with Crippen LogP contribution in [0.1, 0.15) is 13.8 Å². The highest BCUT2D eigenvalue weighted by atomic mass is 35.5. The zero-order valence-corrected chi connectivity index (χ0v) is 12.2. The van der Waals surface area contributed by atoms with Crippen molar-refractivity contribution in [2.45, 2.75) is 19.4 Å². The molecule has 1 aliphatic rings. The molecule has 0 saturated carbocycles. The molecule has 0 bridgehead atoms. The molecule has 1 aliphatic heterocycles. The van der Waals surface area contributed by atoms with Crippen LogP contribution in [0.4, 0.5) is 5.69 Å². The van der Waals surface area contributed by atoms with Crippen LogP contribution >= 0.6 is 11.6 Å². The fraction of sp³-hybridized carbons (Fsp3) is 0.500. The first-order valence-corrected chi connectivity index (χ1v) is 6.83. The molecular weight excluding hydrogens is 262 g/mol. The lowest BCUT2D eigenvalue weighted by molar-refractivity contribution is -0.131. The van der Waals surface area contributed by atoms with Gasteiger partial charge in [-0.15, -0.1) is 0 Å². The van der Waals surface area contributed by atoms with Gasteiger partial charge < -0.3 is 15.5 Å². The fourth-order valence-electron chi connectivity index (χ4n) is 2.60. The smallest absolute Gasteiger partial charge is 0.236 e. The number of amides is 1. The molecule has 104 valence electrons. The van der Waals surface area contributed by atoms with Gasteiger partial charge in [-0.3, -0.25) is 4.79 Å². The molecule has 2 N–H and O–H groups in total. The lowest BCUT2D eigenvalue weighted by Gasteiger charge is -2.48. The molecule has 1 saturated heterocycles. The van der Waals surface area contributed by atoms with Crippen molar-refractivity contribution < 1.29 is 4.79 Å². The molecule has 4 nitrogen and oxygen atoms in total. The van der Waals surface area contributed by atoms with Gasteiger partial charge in [0, 0.05) is 30.3 Å². The first kappa shape index (κ1) is 14.2. The molecule has 0 spiro atoms. The average molecular weight is 282 g/mol. The van der Waals surface area contributed by atoms with Gasteiger partial charge in [0.2, 0.25) is 5.91 Å². The second-order valence-electron chi connectivity index (χ2n) is 5.46. The Balaban J connectivity index is 2.16. The van der Waals surface area contributed by atoms with Crippen molar-refractivity contribution in [3.05, 3.63) is 29.3 Å². The number of halogens is 1. The minimum absolute atomic E-state index is 0.0174. The molecule has 0 aliphatic carbocycles. The number of anilines is 1. The van der Waals surface area contributed by atoms with E-state index < -0.39 is 0 Å². The van der Waals surface area contributed by atoms with Crippen LogP contribution in [0, 0.1) is 0 Å². The van der Waals surface area contributed by atoms with E-state index in [2.05, 4.69) is 18.7 Å². The monoisotopic (exact) mass is 281 g/mol. The van der Waals surface area contributed by atoms with Crippen molar-refractivity contribution >= 4 is 23.2 Å². The molecule has 0 unspecified atom stereocenters. The lowest BCUT2D eigenvalue weighted by Crippen LogP contribution is -2.61. The van der Waals surface area contributed by atoms with E-state index in [0.29, 0.717) is 13.1 Å². The number of rotatable bonds is 2. The Kier molecular flexibility index (Phi) is 4.02. The number of hydrogen-bond donors (Lipinski definition) is 1. The quantitative estimate of drug-likeness (QED) is 0.898. The Morgan fingerprint density at radius 2 is 1.95 bits per heavy atom. The van der Waals surface area contributed by atoms with Gasteiger partial charge in [0.1, 0.15) is 0 Å². The normalized spacial score (nSPS) is 18.5. The number of carbonyl (C=O) groups is 1. The van der Waals surface area contributed by atoms with Gasteiger partial charge in [-0.1, -0.05) is 11.6 Å². The summed E-state index contributed by atoms with van der Waals surface area (Å²) in [6.07, 6.45) is 0. The minimum Gasteiger partial charge on any atom is -0.363 e. The Morgan fingerprint density at radius 3 is 2.47 bits per heavy atom. The summed E-state index contributed by atoms with van der Waals surface area (Å²) in [4.78, 5) is 15.9. The third-order valence-electron chi connectivity index (χ3n) is 3.57. The van der Waals surface area contributed by atoms with E-state index in [9.17, 15) is 4.79 Å². The molecular formula is C14H20ClN3O. The highest BCUT2D eigenvalue weighted by Crippen LogP contribution is 2.28. The maximum absolute atomic E-state index is 11.7. The predicted octanol–water partition coefficient (Wildman–Crippen LogP) is 1.73. The lowest BCUT2D eigenvalue weighted by atomic mass is 9.97. The summed E-state index contributed by atoms with van der Waals surface area (Å²) in [6, 6.07) is 7.82. The first-order chi connectivity index (χ1) is 8.94. The molecule has 2 rings (SSSR count). The summed E-state index contributed by atoms with van der Waals surface area (Å²) in [7, 11) is 0. The van der Waals surface area contributed by atoms with E-state index in [0.717, 1.165) is 17.3 Å². The summed E-state index contributed by atoms with van der Waals surface area (Å²) >= 11 is 5.92. The largest absolute Gasteiger partial charge is 0.363 e. The van der Waals surface area contributed by atoms with Crippen molar-refractivity contribution in [3.63, 3.8) is 0 Å². The van der Waals surface area contributed by atoms with Gasteiger partial charge in [0.05, 0.1) is 12.1 Å². The summed E-state index contributed by atoms with van der Waals surface area (Å²) in [5.41, 5.74) is 6.45. The molecule has 1 fully saturated rings. The van der Waals surface area contributed by atoms with Crippen LogP contribution < -0.4 is 10.6 Å². The van der Waals surface area contributed by atoms with Crippen LogP contribution in [0.5, 0.6) is 0 Å². The Morgan fingerprint density at radius 1 is 1.32 bits per heavy atom. The van der Waals surface area contributed by atoms with Gasteiger partial charge in [-0.2, -0.15) is 0 Å². The Hall–Kier alpha value is -1.26. The third-order valence-corrected chi connectivity index (χ3v) is 3.82. The zero-order chi connectivity index (χ0) is 14.0. The summed E-state index contributed by atoms with van der Waals surface area (Å²) in [5.74, 6) is 0.0174. The van der Waals surface area contributed by atoms with Gasteiger partial charge in [0.25, 0.3) is 0 Å². The number of nitrogens with zero attached hydrogens (tertiary/aromatic N) is 2. The number of carbonyl (C=O) groups excluding carboxylic acids is 1. The zero-order valence-electron chi connectivity index (χ0n) is 11.4. The van der Waals surface area contributed by atoms with Crippen LogP contribution in [-0.2, 0) is 4.79 Å². The van der Waals surface area contributed by atoms with Crippen LogP contribution in [-0.4, -0.2) is 42.5 Å². The van der Waals surface area contributed by atoms with Gasteiger partial charge in [0.15, 0.2) is 0 Å². The van der Waals surface area contributed by atoms with Gasteiger partial charge >= 0.3 is 0 Å². The minimum atomic E-state index is -0.114. The predicted molar refractivity (Wildman–Crippen MR) is 78.5 cm³/mol. The Bertz CT molecular complexity index is 458. The van der Waals surface area contributed by atoms with Crippen molar-refractivity contribution in [2.24, 2.45) is 5.73 Å². The van der Waals surface area contributed by atoms with E-state index in [1.54, 1.807) is 0 Å². The van der Waals surface area contributed by atoms with Crippen LogP contribution in [0.2, 0.25) is 5.02 Å². The van der Waals surface area contributed by atoms with Crippen molar-refractivity contribution in [3.8, 4) is 0 Å². The van der Waals surface area contributed by atoms with Crippen LogP contribution in [0.15, 0.2) is 24.3 Å². The van der Waals surface area contributed by atoms with E-state index in [4.69, 9.17) is 17.3 Å². The molecule has 1 aromatic rings. The maximum Gasteiger partial charge on any atom is 0.236 e. The second kappa shape index (κ2) is 5.39. The first-order valence-electron chi connectivity index (χ1n) is 6.45. The number of benzene rings is 1. The average Bonchev–Trinajstić information content (AvgIpc) is 2.38. The molecule has 1 aromatic carbocycles. The summed E-state index contributed by atoms with van der Waals surface area (Å²) in [6.45, 7) is 6.56. The standard InChI is InChI=1S/C14H20ClN3O/c1-14(2)10-17(13(19)9-16)7-8-18(14)12-5-3-11(15)4-6-12/h3-6H,7-10,16H2,1-2H3. The molecule has 5 heteroatoms. The van der Waals surface area contributed by atoms with Gasteiger partial charge in [-0.05, 0) is 38.1 Å². The van der Waals surface area contributed by atoms with Crippen molar-refractivity contribution in [2.75, 3.05) is 31.1 Å². The van der Waals surface area contributed by atoms with E-state index in [1.165, 1.54) is 0 Å². The molecule has 1 heterocycles. The van der Waals surface area contributed by atoms with Gasteiger partial charge in [-0.25, -0.2) is 0 Å². The SMILES string of the molecule is CC1(C)CN(C(=O)CN)CCN1c1ccc(Cl)cc1. The highest BCUT2D eigenvalue weighted by Gasteiger charge is 2.35. The summed E-state index contributed by atoms with van der Waals surface area (Å²) < 4.78 is 0. The fourth-order valence-corrected chi connectivity index (χ4v) is 2.72. The van der Waals surface area contributed by atoms with Crippen LogP contribution in [0.3, 0.4) is 0 Å². The van der Waals surface area contributed by atoms with Crippen molar-refractivity contribution in [1.29, 1.82) is 0 Å². The van der Waals surface area contributed by atoms with Crippen molar-refractivity contribution in [1.82, 2.24) is 4.90 Å². The van der Waals surface area contributed by atoms with E-state index >= 15 is 0 Å². The van der Waals surface area contributed by atoms with E-state index in [-0.39, 0.29) is 18.0 Å². The molecule has 0 radical (unpaired) electrons. The molecule has 19 heavy (non-hydrogen) atoms. The Labute approximate surface area is 119 Å². The third kappa shape index (κ3) is 3.01. The second-order valence-corrected chi connectivity index (χ2v) is 5.90. The topological polar surface area (TPSA) is 49.6 Å². The number of hydrogen-bond acceptors (Lipinski definition) is 3. The maximum atomic E-state index is 11.7. The summed E-state index contributed by atoms with van der Waals surface area (Å²) in [5, 5.41) is 0.735.